The molecule has 1 aliphatic rings. The fourth-order valence-electron chi connectivity index (χ4n) is 2.64. The lowest BCUT2D eigenvalue weighted by Gasteiger charge is -2.26. The fraction of sp³-hybridized carbons (Fsp3) is 0.500. The van der Waals surface area contributed by atoms with Gasteiger partial charge in [0.1, 0.15) is 5.70 Å². The average Bonchev–Trinajstić information content (AvgIpc) is 3.03. The van der Waals surface area contributed by atoms with Gasteiger partial charge in [-0.1, -0.05) is 0 Å². The molecule has 1 aromatic rings. The molecule has 1 fully saturated rings. The molecular weight excluding hydrogens is 339 g/mol. The molecule has 1 amide bonds. The van der Waals surface area contributed by atoms with E-state index in [9.17, 15) is 18.0 Å². The van der Waals surface area contributed by atoms with Crippen LogP contribution < -0.4 is 5.73 Å². The number of alkyl halides is 3. The monoisotopic (exact) mass is 359 g/mol. The number of allylic oxidation sites excluding steroid dienone is 2. The van der Waals surface area contributed by atoms with Crippen LogP contribution in [0.5, 0.6) is 0 Å². The van der Waals surface area contributed by atoms with Gasteiger partial charge in [-0.25, -0.2) is 0 Å². The van der Waals surface area contributed by atoms with E-state index in [1.165, 1.54) is 14.0 Å². The largest absolute Gasteiger partial charge is 0.431 e. The molecule has 0 saturated carbocycles. The van der Waals surface area contributed by atoms with E-state index in [2.05, 4.69) is 4.99 Å². The molecule has 0 atom stereocenters. The van der Waals surface area contributed by atoms with Crippen LogP contribution in [0.25, 0.3) is 0 Å². The van der Waals surface area contributed by atoms with Crippen molar-refractivity contribution in [1.82, 2.24) is 4.90 Å². The fourth-order valence-corrected chi connectivity index (χ4v) is 3.70. The molecule has 132 valence electrons. The summed E-state index contributed by atoms with van der Waals surface area (Å²) < 4.78 is 38.4. The molecule has 4 nitrogen and oxygen atoms in total. The Morgan fingerprint density at radius 3 is 2.33 bits per heavy atom. The summed E-state index contributed by atoms with van der Waals surface area (Å²) in [4.78, 5) is 19.2. The number of hydrogen-bond donors (Lipinski definition) is 1. The van der Waals surface area contributed by atoms with Crippen LogP contribution in [0.3, 0.4) is 0 Å². The lowest BCUT2D eigenvalue weighted by Crippen LogP contribution is -2.35. The molecule has 1 aromatic heterocycles. The minimum absolute atomic E-state index is 0.0770. The molecule has 0 aliphatic carbocycles. The molecule has 1 aliphatic heterocycles. The molecule has 2 N–H and O–H groups in total. The van der Waals surface area contributed by atoms with Crippen LogP contribution in [0.4, 0.5) is 13.2 Å². The van der Waals surface area contributed by atoms with Gasteiger partial charge in [0.2, 0.25) is 0 Å². The van der Waals surface area contributed by atoms with E-state index in [1.54, 1.807) is 17.0 Å². The van der Waals surface area contributed by atoms with Crippen LogP contribution >= 0.6 is 11.3 Å². The summed E-state index contributed by atoms with van der Waals surface area (Å²) in [5.41, 5.74) is 4.05. The maximum atomic E-state index is 12.8. The summed E-state index contributed by atoms with van der Waals surface area (Å²) in [6.07, 6.45) is -1.53. The number of nitrogens with zero attached hydrogens (tertiary/aromatic N) is 2. The Morgan fingerprint density at radius 2 is 1.79 bits per heavy atom. The smallest absolute Gasteiger partial charge is 0.394 e. The zero-order valence-electron chi connectivity index (χ0n) is 13.6. The predicted molar refractivity (Wildman–Crippen MR) is 89.5 cm³/mol. The van der Waals surface area contributed by atoms with E-state index in [-0.39, 0.29) is 17.2 Å². The number of halogens is 3. The molecule has 1 saturated heterocycles. The van der Waals surface area contributed by atoms with Crippen molar-refractivity contribution >= 4 is 23.0 Å². The third-order valence-corrected chi connectivity index (χ3v) is 5.06. The zero-order chi connectivity index (χ0) is 17.9. The summed E-state index contributed by atoms with van der Waals surface area (Å²) in [6.45, 7) is 2.73. The van der Waals surface area contributed by atoms with Gasteiger partial charge in [0, 0.05) is 25.7 Å². The molecule has 0 unspecified atom stereocenters. The molecule has 2 rings (SSSR count). The first-order chi connectivity index (χ1) is 11.3. The highest BCUT2D eigenvalue weighted by Crippen LogP contribution is 2.28. The lowest BCUT2D eigenvalue weighted by atomic mass is 10.1. The van der Waals surface area contributed by atoms with Gasteiger partial charge in [0.25, 0.3) is 5.91 Å². The first-order valence-electron chi connectivity index (χ1n) is 7.66. The Hall–Kier alpha value is -1.83. The summed E-state index contributed by atoms with van der Waals surface area (Å²) in [7, 11) is 1.41. The Kier molecular flexibility index (Phi) is 5.69. The average molecular weight is 359 g/mol. The molecule has 24 heavy (non-hydrogen) atoms. The highest BCUT2D eigenvalue weighted by molar-refractivity contribution is 7.16. The van der Waals surface area contributed by atoms with Crippen LogP contribution in [-0.4, -0.2) is 42.8 Å². The number of nitrogens with two attached hydrogens (primary N) is 1. The van der Waals surface area contributed by atoms with Gasteiger partial charge in [-0.3, -0.25) is 9.79 Å². The van der Waals surface area contributed by atoms with Crippen LogP contribution in [0.15, 0.2) is 28.4 Å². The van der Waals surface area contributed by atoms with Crippen molar-refractivity contribution in [3.63, 3.8) is 0 Å². The van der Waals surface area contributed by atoms with E-state index in [0.29, 0.717) is 9.75 Å². The number of aliphatic imine (C=N–C) groups is 1. The predicted octanol–water partition coefficient (Wildman–Crippen LogP) is 3.59. The first kappa shape index (κ1) is 18.5. The number of amides is 1. The third kappa shape index (κ3) is 3.98. The quantitative estimate of drug-likeness (QED) is 0.839. The van der Waals surface area contributed by atoms with Crippen molar-refractivity contribution in [3.8, 4) is 0 Å². The van der Waals surface area contributed by atoms with E-state index in [4.69, 9.17) is 5.73 Å². The van der Waals surface area contributed by atoms with Crippen LogP contribution in [0.1, 0.15) is 40.7 Å². The minimum atomic E-state index is -4.61. The van der Waals surface area contributed by atoms with Crippen LogP contribution in [-0.2, 0) is 0 Å². The van der Waals surface area contributed by atoms with Crippen LogP contribution in [0, 0.1) is 0 Å². The van der Waals surface area contributed by atoms with Crippen molar-refractivity contribution in [1.29, 1.82) is 0 Å². The number of carbonyl (C=O) groups is 1. The third-order valence-electron chi connectivity index (χ3n) is 3.98. The van der Waals surface area contributed by atoms with Crippen molar-refractivity contribution in [2.45, 2.75) is 32.4 Å². The van der Waals surface area contributed by atoms with E-state index in [1.807, 2.05) is 0 Å². The number of piperidine rings is 1. The second kappa shape index (κ2) is 7.38. The Labute approximate surface area is 142 Å². The summed E-state index contributed by atoms with van der Waals surface area (Å²) in [5, 5.41) is 0. The van der Waals surface area contributed by atoms with Crippen molar-refractivity contribution in [2.75, 3.05) is 20.1 Å². The molecular formula is C16H20F3N3OS. The van der Waals surface area contributed by atoms with Gasteiger partial charge >= 0.3 is 6.18 Å². The van der Waals surface area contributed by atoms with Gasteiger partial charge in [-0.2, -0.15) is 13.2 Å². The molecule has 2 heterocycles. The second-order valence-electron chi connectivity index (χ2n) is 5.63. The second-order valence-corrected chi connectivity index (χ2v) is 6.71. The van der Waals surface area contributed by atoms with E-state index < -0.39 is 11.9 Å². The number of hydrogen-bond acceptors (Lipinski definition) is 4. The Bertz CT molecular complexity index is 670. The molecule has 0 spiro atoms. The van der Waals surface area contributed by atoms with Gasteiger partial charge in [-0.05, 0) is 38.3 Å². The van der Waals surface area contributed by atoms with Gasteiger partial charge in [0.15, 0.2) is 0 Å². The standard InChI is InChI=1S/C16H20F3N3OS/c1-10(14(20)16(17,18)19)13(21-2)11-6-7-12(24-11)15(23)22-8-4-3-5-9-22/h6-7H,3-5,8-9,20H2,1-2H3/b14-10-,21-13?. The minimum Gasteiger partial charge on any atom is -0.394 e. The highest BCUT2D eigenvalue weighted by atomic mass is 32.1. The van der Waals surface area contributed by atoms with E-state index in [0.717, 1.165) is 43.7 Å². The number of likely N-dealkylation sites (tertiary alicyclic amines) is 1. The molecule has 0 radical (unpaired) electrons. The van der Waals surface area contributed by atoms with Gasteiger partial charge in [0.05, 0.1) is 15.5 Å². The van der Waals surface area contributed by atoms with Crippen molar-refractivity contribution in [2.24, 2.45) is 10.7 Å². The number of carbonyl (C=O) groups excluding carboxylic acids is 1. The lowest BCUT2D eigenvalue weighted by molar-refractivity contribution is -0.0931. The van der Waals surface area contributed by atoms with Crippen LogP contribution in [0.2, 0.25) is 0 Å². The highest BCUT2D eigenvalue weighted by Gasteiger charge is 2.34. The molecule has 0 aromatic carbocycles. The van der Waals surface area contributed by atoms with E-state index >= 15 is 0 Å². The molecule has 8 heteroatoms. The normalized spacial score (nSPS) is 17.7. The maximum Gasteiger partial charge on any atom is 0.431 e. The first-order valence-corrected chi connectivity index (χ1v) is 8.47. The van der Waals surface area contributed by atoms with Crippen molar-refractivity contribution < 1.29 is 18.0 Å². The topological polar surface area (TPSA) is 58.7 Å². The molecule has 0 bridgehead atoms. The summed E-state index contributed by atoms with van der Waals surface area (Å²) >= 11 is 1.14. The maximum absolute atomic E-state index is 12.8. The summed E-state index contributed by atoms with van der Waals surface area (Å²) in [6, 6.07) is 3.26. The van der Waals surface area contributed by atoms with Crippen molar-refractivity contribution in [3.05, 3.63) is 33.2 Å². The summed E-state index contributed by atoms with van der Waals surface area (Å²) in [5.74, 6) is -0.0770. The zero-order valence-corrected chi connectivity index (χ0v) is 14.4. The Morgan fingerprint density at radius 1 is 1.21 bits per heavy atom. The Balaban J connectivity index is 2.26. The number of thiophene rings is 1. The SMILES string of the molecule is CN=C(/C(C)=C(\N)C(F)(F)F)c1ccc(C(=O)N2CCCCC2)s1. The van der Waals surface area contributed by atoms with Gasteiger partial charge < -0.3 is 10.6 Å². The van der Waals surface area contributed by atoms with Gasteiger partial charge in [-0.15, -0.1) is 11.3 Å². The number of rotatable bonds is 3.